The Hall–Kier alpha value is -1.26. The van der Waals surface area contributed by atoms with Gasteiger partial charge in [0.2, 0.25) is 5.91 Å². The molecule has 0 atom stereocenters. The number of rotatable bonds is 2. The van der Waals surface area contributed by atoms with Gasteiger partial charge in [-0.25, -0.2) is 4.79 Å². The average molecular weight is 338 g/mol. The lowest BCUT2D eigenvalue weighted by Crippen LogP contribution is -2.46. The molecule has 2 rings (SSSR count). The topological polar surface area (TPSA) is 58.6 Å². The smallest absolute Gasteiger partial charge is 0.410 e. The van der Waals surface area contributed by atoms with E-state index in [1.54, 1.807) is 4.90 Å². The molecule has 0 radical (unpaired) electrons. The summed E-state index contributed by atoms with van der Waals surface area (Å²) in [5.41, 5.74) is -0.469. The van der Waals surface area contributed by atoms with Crippen LogP contribution >= 0.6 is 0 Å². The molecule has 2 amide bonds. The van der Waals surface area contributed by atoms with Crippen molar-refractivity contribution in [2.75, 3.05) is 13.1 Å². The monoisotopic (exact) mass is 338 g/mol. The second kappa shape index (κ2) is 8.72. The minimum atomic E-state index is -0.469. The molecule has 0 spiro atoms. The molecule has 2 aliphatic rings. The standard InChI is InChI=1S/C19H34N2O3/c1-19(2,3)24-18(23)21-13-11-15(12-14-21)17(22)20-16-9-7-5-4-6-8-10-16/h15-16H,4-14H2,1-3H3,(H,20,22). The lowest BCUT2D eigenvalue weighted by molar-refractivity contribution is -0.127. The minimum absolute atomic E-state index is 0.0362. The van der Waals surface area contributed by atoms with E-state index in [-0.39, 0.29) is 17.9 Å². The van der Waals surface area contributed by atoms with Crippen LogP contribution in [0.1, 0.15) is 78.6 Å². The van der Waals surface area contributed by atoms with Crippen LogP contribution in [-0.4, -0.2) is 41.6 Å². The lowest BCUT2D eigenvalue weighted by Gasteiger charge is -2.33. The highest BCUT2D eigenvalue weighted by molar-refractivity contribution is 5.79. The van der Waals surface area contributed by atoms with Crippen molar-refractivity contribution < 1.29 is 14.3 Å². The van der Waals surface area contributed by atoms with Gasteiger partial charge >= 0.3 is 6.09 Å². The van der Waals surface area contributed by atoms with Crippen LogP contribution in [0, 0.1) is 5.92 Å². The van der Waals surface area contributed by atoms with Crippen molar-refractivity contribution in [1.29, 1.82) is 0 Å². The van der Waals surface area contributed by atoms with E-state index >= 15 is 0 Å². The van der Waals surface area contributed by atoms with E-state index in [9.17, 15) is 9.59 Å². The van der Waals surface area contributed by atoms with Crippen LogP contribution in [0.15, 0.2) is 0 Å². The van der Waals surface area contributed by atoms with Crippen molar-refractivity contribution in [2.24, 2.45) is 5.92 Å². The second-order valence-corrected chi connectivity index (χ2v) is 8.29. The predicted molar refractivity (Wildman–Crippen MR) is 94.8 cm³/mol. The predicted octanol–water partition coefficient (Wildman–Crippen LogP) is 3.86. The zero-order valence-corrected chi connectivity index (χ0v) is 15.6. The molecule has 2 fully saturated rings. The molecule has 5 heteroatoms. The van der Waals surface area contributed by atoms with Gasteiger partial charge in [0.05, 0.1) is 0 Å². The zero-order valence-electron chi connectivity index (χ0n) is 15.6. The lowest BCUT2D eigenvalue weighted by atomic mass is 9.93. The van der Waals surface area contributed by atoms with E-state index < -0.39 is 5.60 Å². The molecule has 5 nitrogen and oxygen atoms in total. The van der Waals surface area contributed by atoms with Crippen molar-refractivity contribution in [3.8, 4) is 0 Å². The SMILES string of the molecule is CC(C)(C)OC(=O)N1CCC(C(=O)NC2CCCCCCC2)CC1. The maximum atomic E-state index is 12.5. The van der Waals surface area contributed by atoms with Crippen molar-refractivity contribution in [3.63, 3.8) is 0 Å². The Morgan fingerprint density at radius 2 is 1.46 bits per heavy atom. The number of hydrogen-bond donors (Lipinski definition) is 1. The maximum Gasteiger partial charge on any atom is 0.410 e. The van der Waals surface area contributed by atoms with Gasteiger partial charge in [-0.3, -0.25) is 4.79 Å². The van der Waals surface area contributed by atoms with E-state index in [4.69, 9.17) is 4.74 Å². The number of amides is 2. The number of likely N-dealkylation sites (tertiary alicyclic amines) is 1. The molecule has 1 saturated heterocycles. The van der Waals surface area contributed by atoms with Crippen LogP contribution in [0.25, 0.3) is 0 Å². The summed E-state index contributed by atoms with van der Waals surface area (Å²) in [5, 5.41) is 3.27. The molecule has 0 aromatic rings. The van der Waals surface area contributed by atoms with Crippen molar-refractivity contribution in [2.45, 2.75) is 90.2 Å². The molecule has 138 valence electrons. The average Bonchev–Trinajstić information content (AvgIpc) is 2.48. The molecule has 0 aromatic heterocycles. The van der Waals surface area contributed by atoms with E-state index in [0.717, 1.165) is 25.7 Å². The first-order valence-corrected chi connectivity index (χ1v) is 9.63. The zero-order chi connectivity index (χ0) is 17.6. The number of ether oxygens (including phenoxy) is 1. The van der Waals surface area contributed by atoms with Crippen LogP contribution in [0.3, 0.4) is 0 Å². The van der Waals surface area contributed by atoms with Gasteiger partial charge in [0.15, 0.2) is 0 Å². The van der Waals surface area contributed by atoms with Gasteiger partial charge in [0.1, 0.15) is 5.60 Å². The van der Waals surface area contributed by atoms with Gasteiger partial charge in [-0.2, -0.15) is 0 Å². The van der Waals surface area contributed by atoms with Crippen LogP contribution in [0.4, 0.5) is 4.79 Å². The summed E-state index contributed by atoms with van der Waals surface area (Å²) in [5.74, 6) is 0.221. The van der Waals surface area contributed by atoms with Crippen molar-refractivity contribution in [3.05, 3.63) is 0 Å². The van der Waals surface area contributed by atoms with Crippen LogP contribution in [0.5, 0.6) is 0 Å². The first-order valence-electron chi connectivity index (χ1n) is 9.63. The summed E-state index contributed by atoms with van der Waals surface area (Å²) < 4.78 is 5.41. The van der Waals surface area contributed by atoms with E-state index in [0.29, 0.717) is 19.1 Å². The largest absolute Gasteiger partial charge is 0.444 e. The third kappa shape index (κ3) is 6.33. The summed E-state index contributed by atoms with van der Waals surface area (Å²) in [6, 6.07) is 0.349. The van der Waals surface area contributed by atoms with Crippen molar-refractivity contribution >= 4 is 12.0 Å². The first kappa shape index (κ1) is 19.1. The van der Waals surface area contributed by atoms with Crippen molar-refractivity contribution in [1.82, 2.24) is 10.2 Å². The van der Waals surface area contributed by atoms with Crippen LogP contribution < -0.4 is 5.32 Å². The highest BCUT2D eigenvalue weighted by atomic mass is 16.6. The van der Waals surface area contributed by atoms with Crippen LogP contribution in [-0.2, 0) is 9.53 Å². The number of nitrogens with one attached hydrogen (secondary N) is 1. The van der Waals surface area contributed by atoms with Gasteiger partial charge in [-0.15, -0.1) is 0 Å². The number of piperidine rings is 1. The first-order chi connectivity index (χ1) is 11.3. The quantitative estimate of drug-likeness (QED) is 0.831. The van der Waals surface area contributed by atoms with Gasteiger partial charge < -0.3 is 15.0 Å². The summed E-state index contributed by atoms with van der Waals surface area (Å²) in [6.07, 6.45) is 9.80. The molecule has 0 bridgehead atoms. The molecule has 1 saturated carbocycles. The van der Waals surface area contributed by atoms with Gasteiger partial charge in [-0.1, -0.05) is 32.1 Å². The highest BCUT2D eigenvalue weighted by Gasteiger charge is 2.30. The molecule has 1 aliphatic heterocycles. The van der Waals surface area contributed by atoms with Gasteiger partial charge in [0, 0.05) is 25.0 Å². The molecular weight excluding hydrogens is 304 g/mol. The molecule has 1 heterocycles. The summed E-state index contributed by atoms with van der Waals surface area (Å²) in [4.78, 5) is 26.3. The Labute approximate surface area is 146 Å². The fourth-order valence-electron chi connectivity index (χ4n) is 3.57. The molecule has 24 heavy (non-hydrogen) atoms. The normalized spacial score (nSPS) is 21.7. The Morgan fingerprint density at radius 3 is 2.00 bits per heavy atom. The highest BCUT2D eigenvalue weighted by Crippen LogP contribution is 2.22. The third-order valence-electron chi connectivity index (χ3n) is 4.97. The Morgan fingerprint density at radius 1 is 0.917 bits per heavy atom. The molecule has 0 unspecified atom stereocenters. The number of hydrogen-bond acceptors (Lipinski definition) is 3. The Bertz CT molecular complexity index is 415. The molecule has 1 aliphatic carbocycles. The fraction of sp³-hybridized carbons (Fsp3) is 0.895. The van der Waals surface area contributed by atoms with E-state index in [1.165, 1.54) is 32.1 Å². The van der Waals surface area contributed by atoms with Gasteiger partial charge in [-0.05, 0) is 46.5 Å². The number of carbonyl (C=O) groups excluding carboxylic acids is 2. The third-order valence-corrected chi connectivity index (χ3v) is 4.97. The minimum Gasteiger partial charge on any atom is -0.444 e. The number of carbonyl (C=O) groups is 2. The number of nitrogens with zero attached hydrogens (tertiary/aromatic N) is 1. The molecular formula is C19H34N2O3. The summed E-state index contributed by atoms with van der Waals surface area (Å²) >= 11 is 0. The summed E-state index contributed by atoms with van der Waals surface area (Å²) in [6.45, 7) is 6.84. The molecule has 1 N–H and O–H groups in total. The Kier molecular flexibility index (Phi) is 6.93. The molecule has 0 aromatic carbocycles. The maximum absolute atomic E-state index is 12.5. The van der Waals surface area contributed by atoms with E-state index in [2.05, 4.69) is 5.32 Å². The van der Waals surface area contributed by atoms with Crippen LogP contribution in [0.2, 0.25) is 0 Å². The summed E-state index contributed by atoms with van der Waals surface area (Å²) in [7, 11) is 0. The second-order valence-electron chi connectivity index (χ2n) is 8.29. The fourth-order valence-corrected chi connectivity index (χ4v) is 3.57. The van der Waals surface area contributed by atoms with E-state index in [1.807, 2.05) is 20.8 Å². The van der Waals surface area contributed by atoms with Gasteiger partial charge in [0.25, 0.3) is 0 Å². The Balaban J connectivity index is 1.74.